The van der Waals surface area contributed by atoms with Gasteiger partial charge in [0.1, 0.15) is 18.4 Å². The summed E-state index contributed by atoms with van der Waals surface area (Å²) in [5, 5.41) is 0. The van der Waals surface area contributed by atoms with Crippen LogP contribution in [0.25, 0.3) is 0 Å². The zero-order valence-electron chi connectivity index (χ0n) is 7.88. The second-order valence-corrected chi connectivity index (χ2v) is 4.99. The molecule has 1 rings (SSSR count). The van der Waals surface area contributed by atoms with Gasteiger partial charge >= 0.3 is 15.6 Å². The fourth-order valence-corrected chi connectivity index (χ4v) is 2.03. The van der Waals surface area contributed by atoms with Crippen molar-refractivity contribution in [1.29, 1.82) is 0 Å². The monoisotopic (exact) mass is 268 g/mol. The van der Waals surface area contributed by atoms with Crippen LogP contribution < -0.4 is 0 Å². The van der Waals surface area contributed by atoms with Gasteiger partial charge in [-0.1, -0.05) is 0 Å². The highest BCUT2D eigenvalue weighted by Crippen LogP contribution is 2.32. The van der Waals surface area contributed by atoms with Gasteiger partial charge < -0.3 is 0 Å². The highest BCUT2D eigenvalue weighted by molar-refractivity contribution is 7.87. The second kappa shape index (κ2) is 4.44. The molecule has 1 saturated carbocycles. The number of hydrogen-bond donors (Lipinski definition) is 0. The molecule has 0 radical (unpaired) electrons. The van der Waals surface area contributed by atoms with Crippen LogP contribution in [0.3, 0.4) is 0 Å². The Bertz CT molecular complexity index is 328. The lowest BCUT2D eigenvalue weighted by Gasteiger charge is -2.28. The minimum absolute atomic E-state index is 0.147. The van der Waals surface area contributed by atoms with E-state index in [0.29, 0.717) is 0 Å². The van der Waals surface area contributed by atoms with Gasteiger partial charge in [-0.3, -0.25) is 4.18 Å². The van der Waals surface area contributed by atoms with Gasteiger partial charge in [0.25, 0.3) is 0 Å². The molecular weight excluding hydrogens is 259 g/mol. The molecule has 0 aromatic heterocycles. The summed E-state index contributed by atoms with van der Waals surface area (Å²) in [6.45, 7) is 0. The van der Waals surface area contributed by atoms with E-state index in [9.17, 15) is 30.4 Å². The molecule has 2 atom stereocenters. The predicted molar refractivity (Wildman–Crippen MR) is 43.5 cm³/mol. The van der Waals surface area contributed by atoms with Crippen molar-refractivity contribution in [2.75, 3.05) is 0 Å². The molecule has 16 heavy (non-hydrogen) atoms. The first-order valence-electron chi connectivity index (χ1n) is 4.43. The summed E-state index contributed by atoms with van der Waals surface area (Å²) in [4.78, 5) is 0. The number of hydrogen-bond acceptors (Lipinski definition) is 3. The van der Waals surface area contributed by atoms with Gasteiger partial charge in [0.2, 0.25) is 0 Å². The molecule has 1 aliphatic carbocycles. The maximum absolute atomic E-state index is 13.0. The lowest BCUT2D eigenvalue weighted by Crippen LogP contribution is -2.42. The number of halogens is 5. The molecule has 0 aromatic carbocycles. The highest BCUT2D eigenvalue weighted by atomic mass is 32.2. The lowest BCUT2D eigenvalue weighted by molar-refractivity contribution is -0.0693. The van der Waals surface area contributed by atoms with Crippen molar-refractivity contribution >= 4 is 10.1 Å². The van der Waals surface area contributed by atoms with Gasteiger partial charge in [0.15, 0.2) is 0 Å². The summed E-state index contributed by atoms with van der Waals surface area (Å²) in [5.74, 6) is 0. The van der Waals surface area contributed by atoms with Crippen molar-refractivity contribution in [2.45, 2.75) is 43.2 Å². The minimum atomic E-state index is -5.94. The van der Waals surface area contributed by atoms with E-state index in [1.807, 2.05) is 0 Å². The average Bonchev–Trinajstić information content (AvgIpc) is 2.10. The Kier molecular flexibility index (Phi) is 3.78. The lowest BCUT2D eigenvalue weighted by atomic mass is 9.94. The zero-order chi connectivity index (χ0) is 12.6. The third kappa shape index (κ3) is 2.82. The quantitative estimate of drug-likeness (QED) is 0.437. The molecule has 0 bridgehead atoms. The normalized spacial score (nSPS) is 32.7. The maximum Gasteiger partial charge on any atom is 0.523 e. The SMILES string of the molecule is O=S(=O)(OC1C(F)CCCC1F)C(F)(F)F. The second-order valence-electron chi connectivity index (χ2n) is 3.42. The van der Waals surface area contributed by atoms with Crippen molar-refractivity contribution in [3.05, 3.63) is 0 Å². The van der Waals surface area contributed by atoms with Gasteiger partial charge in [0, 0.05) is 0 Å². The van der Waals surface area contributed by atoms with E-state index in [4.69, 9.17) is 0 Å². The number of alkyl halides is 5. The number of rotatable bonds is 2. The van der Waals surface area contributed by atoms with Gasteiger partial charge in [-0.25, -0.2) is 8.78 Å². The van der Waals surface area contributed by atoms with Crippen molar-refractivity contribution in [2.24, 2.45) is 0 Å². The predicted octanol–water partition coefficient (Wildman–Crippen LogP) is 2.08. The Labute approximate surface area is 88.7 Å². The van der Waals surface area contributed by atoms with Crippen LogP contribution >= 0.6 is 0 Å². The molecule has 2 unspecified atom stereocenters. The van der Waals surface area contributed by atoms with Crippen LogP contribution in [0, 0.1) is 0 Å². The topological polar surface area (TPSA) is 43.4 Å². The van der Waals surface area contributed by atoms with Crippen LogP contribution in [-0.2, 0) is 14.3 Å². The van der Waals surface area contributed by atoms with E-state index in [2.05, 4.69) is 4.18 Å². The molecule has 1 fully saturated rings. The van der Waals surface area contributed by atoms with Crippen LogP contribution in [-0.4, -0.2) is 32.4 Å². The zero-order valence-corrected chi connectivity index (χ0v) is 8.69. The first-order chi connectivity index (χ1) is 7.15. The van der Waals surface area contributed by atoms with Gasteiger partial charge in [-0.2, -0.15) is 21.6 Å². The van der Waals surface area contributed by atoms with E-state index in [0.717, 1.165) is 0 Å². The molecule has 0 amide bonds. The molecule has 0 heterocycles. The first-order valence-corrected chi connectivity index (χ1v) is 5.83. The summed E-state index contributed by atoms with van der Waals surface area (Å²) in [5.41, 5.74) is -5.66. The Morgan fingerprint density at radius 2 is 1.50 bits per heavy atom. The largest absolute Gasteiger partial charge is 0.523 e. The molecule has 0 saturated heterocycles. The molecule has 0 spiro atoms. The standard InChI is InChI=1S/C7H9F5O3S/c8-4-2-1-3-5(9)6(4)15-16(13,14)7(10,11)12/h4-6H,1-3H2. The molecule has 3 nitrogen and oxygen atoms in total. The van der Waals surface area contributed by atoms with Crippen molar-refractivity contribution < 1.29 is 34.6 Å². The Hall–Kier alpha value is -0.440. The van der Waals surface area contributed by atoms with E-state index in [1.54, 1.807) is 0 Å². The third-order valence-corrected chi connectivity index (χ3v) is 3.24. The smallest absolute Gasteiger partial charge is 0.254 e. The summed E-state index contributed by atoms with van der Waals surface area (Å²) in [7, 11) is -5.94. The molecule has 0 aliphatic heterocycles. The van der Waals surface area contributed by atoms with Crippen LogP contribution in [0.4, 0.5) is 22.0 Å². The van der Waals surface area contributed by atoms with Gasteiger partial charge in [-0.15, -0.1) is 0 Å². The average molecular weight is 268 g/mol. The molecule has 96 valence electrons. The van der Waals surface area contributed by atoms with Crippen molar-refractivity contribution in [1.82, 2.24) is 0 Å². The van der Waals surface area contributed by atoms with Crippen LogP contribution in [0.2, 0.25) is 0 Å². The third-order valence-electron chi connectivity index (χ3n) is 2.19. The van der Waals surface area contributed by atoms with Crippen LogP contribution in [0.15, 0.2) is 0 Å². The molecule has 9 heteroatoms. The molecule has 1 aliphatic rings. The first kappa shape index (κ1) is 13.6. The van der Waals surface area contributed by atoms with Gasteiger partial charge in [-0.05, 0) is 19.3 Å². The van der Waals surface area contributed by atoms with E-state index in [1.165, 1.54) is 0 Å². The fraction of sp³-hybridized carbons (Fsp3) is 1.00. The maximum atomic E-state index is 13.0. The van der Waals surface area contributed by atoms with Crippen molar-refractivity contribution in [3.63, 3.8) is 0 Å². The fourth-order valence-electron chi connectivity index (χ4n) is 1.38. The highest BCUT2D eigenvalue weighted by Gasteiger charge is 2.51. The van der Waals surface area contributed by atoms with E-state index < -0.39 is 34.1 Å². The molecular formula is C7H9F5O3S. The molecule has 0 aromatic rings. The van der Waals surface area contributed by atoms with Crippen LogP contribution in [0.1, 0.15) is 19.3 Å². The van der Waals surface area contributed by atoms with Crippen LogP contribution in [0.5, 0.6) is 0 Å². The Morgan fingerprint density at radius 1 is 1.06 bits per heavy atom. The summed E-state index contributed by atoms with van der Waals surface area (Å²) in [6, 6.07) is 0. The van der Waals surface area contributed by atoms with E-state index >= 15 is 0 Å². The van der Waals surface area contributed by atoms with Crippen molar-refractivity contribution in [3.8, 4) is 0 Å². The molecule has 0 N–H and O–H groups in total. The summed E-state index contributed by atoms with van der Waals surface area (Å²) in [6.07, 6.45) is -6.55. The van der Waals surface area contributed by atoms with Gasteiger partial charge in [0.05, 0.1) is 0 Å². The van der Waals surface area contributed by atoms with E-state index in [-0.39, 0.29) is 19.3 Å². The Morgan fingerprint density at radius 3 is 1.88 bits per heavy atom. The summed E-state index contributed by atoms with van der Waals surface area (Å²) >= 11 is 0. The summed E-state index contributed by atoms with van der Waals surface area (Å²) < 4.78 is 86.3. The Balaban J connectivity index is 2.80. The minimum Gasteiger partial charge on any atom is -0.254 e.